The van der Waals surface area contributed by atoms with Gasteiger partial charge in [-0.2, -0.15) is 8.78 Å². The highest BCUT2D eigenvalue weighted by Crippen LogP contribution is 2.37. The lowest BCUT2D eigenvalue weighted by molar-refractivity contribution is -0.0502. The second kappa shape index (κ2) is 9.79. The molecule has 0 spiro atoms. The number of halogens is 2. The van der Waals surface area contributed by atoms with E-state index in [4.69, 9.17) is 18.9 Å². The van der Waals surface area contributed by atoms with Gasteiger partial charge in [0.25, 0.3) is 5.91 Å². The Morgan fingerprint density at radius 1 is 1.27 bits per heavy atom. The van der Waals surface area contributed by atoms with Crippen LogP contribution in [0.2, 0.25) is 0 Å². The monoisotopic (exact) mass is 514 g/mol. The number of hydrogen-bond donors (Lipinski definition) is 1. The maximum absolute atomic E-state index is 13.3. The molecule has 3 aliphatic rings. The fourth-order valence-corrected chi connectivity index (χ4v) is 5.10. The van der Waals surface area contributed by atoms with Crippen molar-refractivity contribution in [3.63, 3.8) is 0 Å². The number of carbonyl (C=O) groups excluding carboxylic acids is 1. The van der Waals surface area contributed by atoms with Crippen molar-refractivity contribution in [2.24, 2.45) is 0 Å². The molecule has 1 saturated carbocycles. The highest BCUT2D eigenvalue weighted by atomic mass is 19.3. The van der Waals surface area contributed by atoms with Gasteiger partial charge in [0.2, 0.25) is 0 Å². The Bertz CT molecular complexity index is 1310. The topological polar surface area (TPSA) is 86.6 Å². The molecular weight excluding hydrogens is 486 g/mol. The minimum absolute atomic E-state index is 0.0472. The first-order valence-corrected chi connectivity index (χ1v) is 12.4. The summed E-state index contributed by atoms with van der Waals surface area (Å²) < 4.78 is 50.1. The van der Waals surface area contributed by atoms with E-state index in [-0.39, 0.29) is 23.1 Å². The van der Waals surface area contributed by atoms with Crippen molar-refractivity contribution in [2.75, 3.05) is 33.4 Å². The zero-order chi connectivity index (χ0) is 25.5. The van der Waals surface area contributed by atoms with Gasteiger partial charge in [0.05, 0.1) is 31.7 Å². The number of amides is 1. The lowest BCUT2D eigenvalue weighted by Crippen LogP contribution is -2.39. The van der Waals surface area contributed by atoms with Crippen molar-refractivity contribution in [2.45, 2.75) is 44.1 Å². The van der Waals surface area contributed by atoms with E-state index in [1.807, 2.05) is 22.7 Å². The van der Waals surface area contributed by atoms with E-state index >= 15 is 0 Å². The lowest BCUT2D eigenvalue weighted by atomic mass is 10.1. The highest BCUT2D eigenvalue weighted by molar-refractivity contribution is 6.01. The van der Waals surface area contributed by atoms with Gasteiger partial charge in [-0.3, -0.25) is 14.1 Å². The van der Waals surface area contributed by atoms with Gasteiger partial charge in [0.1, 0.15) is 35.1 Å². The average Bonchev–Trinajstić information content (AvgIpc) is 3.26. The molecule has 4 heterocycles. The molecule has 2 bridgehead atoms. The minimum atomic E-state index is -3.10. The number of fused-ring (bicyclic) bond motifs is 3. The number of rotatable bonds is 10. The molecule has 3 fully saturated rings. The molecule has 1 amide bonds. The number of benzene rings is 1. The molecule has 196 valence electrons. The number of hydrogen-bond acceptors (Lipinski definition) is 7. The van der Waals surface area contributed by atoms with Gasteiger partial charge in [-0.15, -0.1) is 0 Å². The van der Waals surface area contributed by atoms with E-state index in [0.29, 0.717) is 41.4 Å². The molecule has 1 aliphatic carbocycles. The first-order chi connectivity index (χ1) is 18.0. The van der Waals surface area contributed by atoms with E-state index in [9.17, 15) is 13.6 Å². The zero-order valence-corrected chi connectivity index (χ0v) is 20.4. The van der Waals surface area contributed by atoms with Crippen LogP contribution in [0.25, 0.3) is 16.9 Å². The van der Waals surface area contributed by atoms with E-state index in [1.165, 1.54) is 13.2 Å². The molecule has 0 unspecified atom stereocenters. The summed E-state index contributed by atoms with van der Waals surface area (Å²) in [6, 6.07) is 7.25. The fourth-order valence-electron chi connectivity index (χ4n) is 5.10. The third kappa shape index (κ3) is 4.93. The van der Waals surface area contributed by atoms with E-state index in [1.54, 1.807) is 12.3 Å². The number of likely N-dealkylation sites (tertiary alicyclic amines) is 1. The van der Waals surface area contributed by atoms with Gasteiger partial charge in [0, 0.05) is 43.0 Å². The number of carbonyl (C=O) groups is 1. The SMILES string of the molecule is COc1cc(-c2cnc3cc(OCCN4C[C@@H]5C[C@H]4CO5)ccn23)cc(OC(F)F)c1C(=O)NC1CC1. The van der Waals surface area contributed by atoms with E-state index in [2.05, 4.69) is 15.2 Å². The number of ether oxygens (including phenoxy) is 4. The second-order valence-electron chi connectivity index (χ2n) is 9.60. The third-order valence-electron chi connectivity index (χ3n) is 7.08. The van der Waals surface area contributed by atoms with Crippen molar-refractivity contribution >= 4 is 11.6 Å². The summed E-state index contributed by atoms with van der Waals surface area (Å²) in [6.45, 7) is 0.0519. The summed E-state index contributed by atoms with van der Waals surface area (Å²) in [5.74, 6) is 0.0769. The number of morpholine rings is 1. The van der Waals surface area contributed by atoms with Crippen molar-refractivity contribution in [1.29, 1.82) is 0 Å². The van der Waals surface area contributed by atoms with Gasteiger partial charge in [0.15, 0.2) is 0 Å². The molecule has 2 aromatic heterocycles. The molecule has 6 rings (SSSR count). The molecule has 2 saturated heterocycles. The third-order valence-corrected chi connectivity index (χ3v) is 7.08. The molecule has 3 aromatic rings. The van der Waals surface area contributed by atoms with Gasteiger partial charge in [-0.1, -0.05) is 0 Å². The maximum atomic E-state index is 13.3. The van der Waals surface area contributed by atoms with Crippen LogP contribution in [0.4, 0.5) is 8.78 Å². The molecule has 37 heavy (non-hydrogen) atoms. The van der Waals surface area contributed by atoms with Crippen molar-refractivity contribution in [3.8, 4) is 28.5 Å². The summed E-state index contributed by atoms with van der Waals surface area (Å²) in [6.07, 6.45) is 6.62. The van der Waals surface area contributed by atoms with E-state index in [0.717, 1.165) is 39.0 Å². The second-order valence-corrected chi connectivity index (χ2v) is 9.60. The van der Waals surface area contributed by atoms with Crippen LogP contribution in [-0.4, -0.2) is 78.4 Å². The van der Waals surface area contributed by atoms with Crippen LogP contribution in [-0.2, 0) is 4.74 Å². The normalized spacial score (nSPS) is 21.1. The van der Waals surface area contributed by atoms with Crippen LogP contribution < -0.4 is 19.5 Å². The highest BCUT2D eigenvalue weighted by Gasteiger charge is 2.38. The Hall–Kier alpha value is -3.44. The maximum Gasteiger partial charge on any atom is 0.387 e. The van der Waals surface area contributed by atoms with Gasteiger partial charge < -0.3 is 24.3 Å². The number of aromatic nitrogens is 2. The number of alkyl halides is 2. The first kappa shape index (κ1) is 23.9. The lowest BCUT2D eigenvalue weighted by Gasteiger charge is -2.26. The Balaban J connectivity index is 1.23. The molecule has 1 N–H and O–H groups in total. The van der Waals surface area contributed by atoms with Crippen LogP contribution in [0, 0.1) is 0 Å². The molecule has 0 radical (unpaired) electrons. The smallest absolute Gasteiger partial charge is 0.387 e. The number of nitrogens with zero attached hydrogens (tertiary/aromatic N) is 3. The van der Waals surface area contributed by atoms with Crippen LogP contribution in [0.15, 0.2) is 36.7 Å². The number of methoxy groups -OCH3 is 1. The minimum Gasteiger partial charge on any atom is -0.496 e. The molecule has 11 heteroatoms. The average molecular weight is 515 g/mol. The summed E-state index contributed by atoms with van der Waals surface area (Å²) in [5, 5.41) is 2.81. The van der Waals surface area contributed by atoms with Crippen LogP contribution in [0.5, 0.6) is 17.2 Å². The number of imidazole rings is 1. The first-order valence-electron chi connectivity index (χ1n) is 12.4. The van der Waals surface area contributed by atoms with Gasteiger partial charge in [-0.25, -0.2) is 4.98 Å². The fraction of sp³-hybridized carbons (Fsp3) is 0.462. The molecular formula is C26H28F2N4O5. The zero-order valence-electron chi connectivity index (χ0n) is 20.4. The Kier molecular flexibility index (Phi) is 6.33. The molecule has 2 atom stereocenters. The Labute approximate surface area is 212 Å². The van der Waals surface area contributed by atoms with Crippen LogP contribution in [0.3, 0.4) is 0 Å². The van der Waals surface area contributed by atoms with Crippen LogP contribution in [0.1, 0.15) is 29.6 Å². The quantitative estimate of drug-likeness (QED) is 0.444. The van der Waals surface area contributed by atoms with Crippen molar-refractivity contribution in [3.05, 3.63) is 42.2 Å². The Morgan fingerprint density at radius 2 is 2.11 bits per heavy atom. The molecule has 1 aromatic carbocycles. The summed E-state index contributed by atoms with van der Waals surface area (Å²) >= 11 is 0. The van der Waals surface area contributed by atoms with E-state index < -0.39 is 12.5 Å². The molecule has 2 aliphatic heterocycles. The summed E-state index contributed by atoms with van der Waals surface area (Å²) in [5.41, 5.74) is 1.72. The van der Waals surface area contributed by atoms with Crippen molar-refractivity contribution in [1.82, 2.24) is 19.6 Å². The summed E-state index contributed by atoms with van der Waals surface area (Å²) in [7, 11) is 1.39. The Morgan fingerprint density at radius 3 is 2.81 bits per heavy atom. The van der Waals surface area contributed by atoms with Gasteiger partial charge >= 0.3 is 6.61 Å². The number of pyridine rings is 1. The largest absolute Gasteiger partial charge is 0.496 e. The standard InChI is InChI=1S/C26H28F2N4O5/c1-34-21-8-15(9-22(37-26(27)28)24(21)25(33)30-16-2-3-16)20-12-29-23-11-18(4-5-32(20)23)35-7-6-31-13-19-10-17(31)14-36-19/h4-5,8-9,11-12,16-17,19,26H,2-3,6-7,10,13-14H2,1H3,(H,30,33)/t17-,19-/m0/s1. The predicted molar refractivity (Wildman–Crippen MR) is 130 cm³/mol. The van der Waals surface area contributed by atoms with Gasteiger partial charge in [-0.05, 0) is 37.5 Å². The van der Waals surface area contributed by atoms with Crippen LogP contribution >= 0.6 is 0 Å². The molecule has 9 nitrogen and oxygen atoms in total. The predicted octanol–water partition coefficient (Wildman–Crippen LogP) is 3.36. The number of nitrogens with one attached hydrogen (secondary N) is 1. The van der Waals surface area contributed by atoms with Crippen molar-refractivity contribution < 1.29 is 32.5 Å². The summed E-state index contributed by atoms with van der Waals surface area (Å²) in [4.78, 5) is 19.7.